The first-order chi connectivity index (χ1) is 9.26. The molecule has 4 nitrogen and oxygen atoms in total. The minimum absolute atomic E-state index is 0.142. The van der Waals surface area contributed by atoms with Crippen LogP contribution in [0.25, 0.3) is 0 Å². The Labute approximate surface area is 118 Å². The van der Waals surface area contributed by atoms with Gasteiger partial charge >= 0.3 is 6.09 Å². The van der Waals surface area contributed by atoms with Gasteiger partial charge in [0.25, 0.3) is 0 Å². The van der Waals surface area contributed by atoms with E-state index >= 15 is 0 Å². The monoisotopic (exact) mass is 280 g/mol. The Morgan fingerprint density at radius 1 is 1.40 bits per heavy atom. The lowest BCUT2D eigenvalue weighted by atomic mass is 10.1. The summed E-state index contributed by atoms with van der Waals surface area (Å²) >= 11 is 0. The van der Waals surface area contributed by atoms with E-state index in [4.69, 9.17) is 4.74 Å². The predicted octanol–water partition coefficient (Wildman–Crippen LogP) is 3.17. The summed E-state index contributed by atoms with van der Waals surface area (Å²) in [7, 11) is 0. The van der Waals surface area contributed by atoms with Crippen molar-refractivity contribution in [3.8, 4) is 0 Å². The Balaban J connectivity index is 1.85. The maximum absolute atomic E-state index is 13.4. The average molecular weight is 280 g/mol. The van der Waals surface area contributed by atoms with Crippen molar-refractivity contribution in [3.63, 3.8) is 0 Å². The predicted molar refractivity (Wildman–Crippen MR) is 76.4 cm³/mol. The van der Waals surface area contributed by atoms with Crippen molar-refractivity contribution in [1.29, 1.82) is 0 Å². The summed E-state index contributed by atoms with van der Waals surface area (Å²) in [4.78, 5) is 13.4. The van der Waals surface area contributed by atoms with E-state index in [-0.39, 0.29) is 18.0 Å². The lowest BCUT2D eigenvalue weighted by Crippen LogP contribution is -2.58. The summed E-state index contributed by atoms with van der Waals surface area (Å²) in [5, 5.41) is 3.25. The maximum Gasteiger partial charge on any atom is 0.410 e. The van der Waals surface area contributed by atoms with Gasteiger partial charge in [-0.05, 0) is 39.8 Å². The van der Waals surface area contributed by atoms with Crippen LogP contribution in [0.5, 0.6) is 0 Å². The molecule has 0 aliphatic carbocycles. The molecule has 1 saturated heterocycles. The number of carbonyl (C=O) groups is 1. The smallest absolute Gasteiger partial charge is 0.410 e. The first-order valence-corrected chi connectivity index (χ1v) is 6.76. The Bertz CT molecular complexity index is 505. The van der Waals surface area contributed by atoms with Gasteiger partial charge in [-0.2, -0.15) is 0 Å². The number of nitrogens with one attached hydrogen (secondary N) is 1. The number of hydrogen-bond acceptors (Lipinski definition) is 3. The zero-order valence-corrected chi connectivity index (χ0v) is 12.4. The highest BCUT2D eigenvalue weighted by Crippen LogP contribution is 2.22. The summed E-state index contributed by atoms with van der Waals surface area (Å²) in [6.07, 6.45) is -0.300. The minimum Gasteiger partial charge on any atom is -0.444 e. The number of likely N-dealkylation sites (tertiary alicyclic amines) is 1. The van der Waals surface area contributed by atoms with Crippen LogP contribution in [0.4, 0.5) is 14.9 Å². The van der Waals surface area contributed by atoms with Gasteiger partial charge in [-0.3, -0.25) is 0 Å². The number of rotatable bonds is 2. The second-order valence-corrected chi connectivity index (χ2v) is 6.14. The summed E-state index contributed by atoms with van der Waals surface area (Å²) in [5.74, 6) is -0.224. The van der Waals surface area contributed by atoms with Crippen LogP contribution >= 0.6 is 0 Å². The molecule has 0 atom stereocenters. The van der Waals surface area contributed by atoms with Crippen LogP contribution in [0.3, 0.4) is 0 Å². The van der Waals surface area contributed by atoms with E-state index in [9.17, 15) is 9.18 Å². The maximum atomic E-state index is 13.4. The SMILES string of the molecule is Cc1c(F)cccc1NC1CN(C(=O)OC(C)(C)C)C1. The molecular weight excluding hydrogens is 259 g/mol. The number of ether oxygens (including phenoxy) is 1. The molecule has 1 aliphatic heterocycles. The van der Waals surface area contributed by atoms with Crippen molar-refractivity contribution in [2.45, 2.75) is 39.3 Å². The molecule has 2 rings (SSSR count). The van der Waals surface area contributed by atoms with Gasteiger partial charge in [-0.15, -0.1) is 0 Å². The van der Waals surface area contributed by atoms with E-state index in [0.29, 0.717) is 18.7 Å². The van der Waals surface area contributed by atoms with E-state index in [2.05, 4.69) is 5.32 Å². The van der Waals surface area contributed by atoms with Gasteiger partial charge in [-0.25, -0.2) is 9.18 Å². The zero-order chi connectivity index (χ0) is 14.9. The van der Waals surface area contributed by atoms with Crippen molar-refractivity contribution < 1.29 is 13.9 Å². The third kappa shape index (κ3) is 3.40. The van der Waals surface area contributed by atoms with E-state index in [1.54, 1.807) is 17.9 Å². The van der Waals surface area contributed by atoms with Crippen LogP contribution in [0.1, 0.15) is 26.3 Å². The van der Waals surface area contributed by atoms with Gasteiger partial charge in [0, 0.05) is 24.3 Å². The van der Waals surface area contributed by atoms with Gasteiger partial charge in [0.15, 0.2) is 0 Å². The number of nitrogens with zero attached hydrogens (tertiary/aromatic N) is 1. The molecule has 1 aliphatic rings. The molecule has 1 amide bonds. The topological polar surface area (TPSA) is 41.6 Å². The van der Waals surface area contributed by atoms with E-state index in [1.807, 2.05) is 26.8 Å². The number of halogens is 1. The number of amides is 1. The molecule has 1 aromatic carbocycles. The molecule has 0 spiro atoms. The molecule has 110 valence electrons. The standard InChI is InChI=1S/C15H21FN2O2/c1-10-12(16)6-5-7-13(10)17-11-8-18(9-11)14(19)20-15(2,3)4/h5-7,11,17H,8-9H2,1-4H3. The fraction of sp³-hybridized carbons (Fsp3) is 0.533. The molecule has 0 saturated carbocycles. The van der Waals surface area contributed by atoms with Crippen molar-refractivity contribution in [2.24, 2.45) is 0 Å². The first-order valence-electron chi connectivity index (χ1n) is 6.76. The fourth-order valence-corrected chi connectivity index (χ4v) is 2.03. The molecule has 0 unspecified atom stereocenters. The molecule has 1 aromatic rings. The number of benzene rings is 1. The summed E-state index contributed by atoms with van der Waals surface area (Å²) in [5.41, 5.74) is 0.899. The molecule has 0 aromatic heterocycles. The third-order valence-electron chi connectivity index (χ3n) is 3.16. The Kier molecular flexibility index (Phi) is 3.88. The quantitative estimate of drug-likeness (QED) is 0.904. The van der Waals surface area contributed by atoms with Gasteiger partial charge in [0.2, 0.25) is 0 Å². The van der Waals surface area contributed by atoms with Crippen LogP contribution in [0, 0.1) is 12.7 Å². The molecule has 1 N–H and O–H groups in total. The lowest BCUT2D eigenvalue weighted by molar-refractivity contribution is 0.0105. The van der Waals surface area contributed by atoms with Crippen LogP contribution in [-0.4, -0.2) is 35.7 Å². The van der Waals surface area contributed by atoms with Crippen molar-refractivity contribution in [2.75, 3.05) is 18.4 Å². The third-order valence-corrected chi connectivity index (χ3v) is 3.16. The van der Waals surface area contributed by atoms with E-state index < -0.39 is 5.60 Å². The fourth-order valence-electron chi connectivity index (χ4n) is 2.03. The second kappa shape index (κ2) is 5.31. The highest BCUT2D eigenvalue weighted by Gasteiger charge is 2.33. The van der Waals surface area contributed by atoms with Crippen LogP contribution in [0.2, 0.25) is 0 Å². The van der Waals surface area contributed by atoms with Gasteiger partial charge in [-0.1, -0.05) is 6.07 Å². The minimum atomic E-state index is -0.477. The van der Waals surface area contributed by atoms with Crippen molar-refractivity contribution in [1.82, 2.24) is 4.90 Å². The van der Waals surface area contributed by atoms with Gasteiger partial charge in [0.1, 0.15) is 11.4 Å². The summed E-state index contributed by atoms with van der Waals surface area (Å²) in [6, 6.07) is 5.10. The van der Waals surface area contributed by atoms with Crippen molar-refractivity contribution >= 4 is 11.8 Å². The number of carbonyl (C=O) groups excluding carboxylic acids is 1. The van der Waals surface area contributed by atoms with E-state index in [1.165, 1.54) is 6.07 Å². The zero-order valence-electron chi connectivity index (χ0n) is 12.4. The number of anilines is 1. The normalized spacial score (nSPS) is 15.8. The van der Waals surface area contributed by atoms with Crippen LogP contribution < -0.4 is 5.32 Å². The molecule has 5 heteroatoms. The Morgan fingerprint density at radius 2 is 2.05 bits per heavy atom. The molecule has 20 heavy (non-hydrogen) atoms. The first kappa shape index (κ1) is 14.6. The number of hydrogen-bond donors (Lipinski definition) is 1. The summed E-state index contributed by atoms with van der Waals surface area (Å²) < 4.78 is 18.7. The largest absolute Gasteiger partial charge is 0.444 e. The lowest BCUT2D eigenvalue weighted by Gasteiger charge is -2.40. The van der Waals surface area contributed by atoms with Crippen LogP contribution in [0.15, 0.2) is 18.2 Å². The molecule has 0 bridgehead atoms. The highest BCUT2D eigenvalue weighted by molar-refractivity contribution is 5.70. The highest BCUT2D eigenvalue weighted by atomic mass is 19.1. The molecule has 1 fully saturated rings. The van der Waals surface area contributed by atoms with E-state index in [0.717, 1.165) is 5.69 Å². The van der Waals surface area contributed by atoms with Crippen molar-refractivity contribution in [3.05, 3.63) is 29.6 Å². The summed E-state index contributed by atoms with van der Waals surface area (Å²) in [6.45, 7) is 8.42. The molecule has 1 heterocycles. The van der Waals surface area contributed by atoms with Crippen LogP contribution in [-0.2, 0) is 4.74 Å². The van der Waals surface area contributed by atoms with Gasteiger partial charge < -0.3 is 15.0 Å². The molecule has 0 radical (unpaired) electrons. The Hall–Kier alpha value is -1.78. The Morgan fingerprint density at radius 3 is 2.65 bits per heavy atom. The van der Waals surface area contributed by atoms with Gasteiger partial charge in [0.05, 0.1) is 6.04 Å². The molecular formula is C15H21FN2O2. The average Bonchev–Trinajstić information content (AvgIpc) is 2.25. The second-order valence-electron chi connectivity index (χ2n) is 6.14.